The fraction of sp³-hybridized carbons (Fsp3) is 0.647. The molecule has 2 aliphatic heterocycles. The van der Waals surface area contributed by atoms with Crippen molar-refractivity contribution in [1.29, 1.82) is 0 Å². The Morgan fingerprint density at radius 2 is 1.91 bits per heavy atom. The number of benzene rings is 1. The van der Waals surface area contributed by atoms with Gasteiger partial charge in [-0.3, -0.25) is 0 Å². The molecule has 0 bridgehead atoms. The molecule has 1 aromatic carbocycles. The molecule has 0 aliphatic carbocycles. The number of alkyl halides is 3. The fourth-order valence-corrected chi connectivity index (χ4v) is 3.31. The number of hydrogen-bond donors (Lipinski definition) is 1. The Hall–Kier alpha value is -1.27. The molecule has 3 rings (SSSR count). The summed E-state index contributed by atoms with van der Waals surface area (Å²) in [5, 5.41) is 3.52. The van der Waals surface area contributed by atoms with Crippen LogP contribution < -0.4 is 10.1 Å². The number of nitrogens with zero attached hydrogens (tertiary/aromatic N) is 1. The lowest BCUT2D eigenvalue weighted by molar-refractivity contribution is -0.138. The van der Waals surface area contributed by atoms with Crippen LogP contribution in [0.2, 0.25) is 0 Å². The highest BCUT2D eigenvalue weighted by atomic mass is 19.4. The van der Waals surface area contributed by atoms with E-state index in [1.165, 1.54) is 5.56 Å². The third-order valence-corrected chi connectivity index (χ3v) is 4.65. The largest absolute Gasteiger partial charge is 0.488 e. The van der Waals surface area contributed by atoms with Crippen LogP contribution in [0.4, 0.5) is 13.2 Å². The number of rotatable bonds is 5. The zero-order chi connectivity index (χ0) is 16.3. The predicted molar refractivity (Wildman–Crippen MR) is 82.7 cm³/mol. The molecule has 6 heteroatoms. The predicted octanol–water partition coefficient (Wildman–Crippen LogP) is 3.00. The molecule has 0 aromatic heterocycles. The number of nitrogens with one attached hydrogen (secondary N) is 1. The van der Waals surface area contributed by atoms with Crippen LogP contribution in [0.25, 0.3) is 0 Å². The molecule has 1 N–H and O–H groups in total. The molecule has 1 fully saturated rings. The lowest BCUT2D eigenvalue weighted by Crippen LogP contribution is -2.45. The number of halogens is 3. The zero-order valence-electron chi connectivity index (χ0n) is 13.1. The van der Waals surface area contributed by atoms with Crippen molar-refractivity contribution in [3.63, 3.8) is 0 Å². The lowest BCUT2D eigenvalue weighted by Gasteiger charge is -2.33. The molecule has 0 spiro atoms. The molecule has 23 heavy (non-hydrogen) atoms. The minimum Gasteiger partial charge on any atom is -0.488 e. The highest BCUT2D eigenvalue weighted by Crippen LogP contribution is 2.28. The van der Waals surface area contributed by atoms with E-state index < -0.39 is 12.6 Å². The standard InChI is InChI=1S/C17H23F3N2O/c18-17(19,20)7-10-22-8-5-14(6-9-22)21-12-15-11-13-3-1-2-4-16(13)23-15/h1-4,14-15,21H,5-12H2/t15-/m1/s1. The summed E-state index contributed by atoms with van der Waals surface area (Å²) in [4.78, 5) is 1.91. The second-order valence-corrected chi connectivity index (χ2v) is 6.44. The first kappa shape index (κ1) is 16.6. The Morgan fingerprint density at radius 3 is 2.61 bits per heavy atom. The van der Waals surface area contributed by atoms with Crippen molar-refractivity contribution in [2.24, 2.45) is 0 Å². The summed E-state index contributed by atoms with van der Waals surface area (Å²) < 4.78 is 42.6. The molecular weight excluding hydrogens is 305 g/mol. The van der Waals surface area contributed by atoms with E-state index in [9.17, 15) is 13.2 Å². The van der Waals surface area contributed by atoms with E-state index in [2.05, 4.69) is 11.4 Å². The van der Waals surface area contributed by atoms with E-state index in [0.29, 0.717) is 6.04 Å². The summed E-state index contributed by atoms with van der Waals surface area (Å²) in [6.45, 7) is 2.39. The SMILES string of the molecule is FC(F)(F)CCN1CCC(NC[C@H]2Cc3ccccc3O2)CC1. The number of para-hydroxylation sites is 1. The molecule has 1 saturated heterocycles. The van der Waals surface area contributed by atoms with Gasteiger partial charge in [-0.05, 0) is 37.6 Å². The Morgan fingerprint density at radius 1 is 1.17 bits per heavy atom. The summed E-state index contributed by atoms with van der Waals surface area (Å²) >= 11 is 0. The third-order valence-electron chi connectivity index (χ3n) is 4.65. The van der Waals surface area contributed by atoms with Crippen molar-refractivity contribution in [3.05, 3.63) is 29.8 Å². The second-order valence-electron chi connectivity index (χ2n) is 6.44. The monoisotopic (exact) mass is 328 g/mol. The Labute approximate surface area is 134 Å². The minimum atomic E-state index is -4.05. The third kappa shape index (κ3) is 4.85. The topological polar surface area (TPSA) is 24.5 Å². The Balaban J connectivity index is 1.34. The van der Waals surface area contributed by atoms with Crippen LogP contribution in [0.5, 0.6) is 5.75 Å². The molecule has 3 nitrogen and oxygen atoms in total. The van der Waals surface area contributed by atoms with Crippen molar-refractivity contribution in [2.45, 2.75) is 44.0 Å². The quantitative estimate of drug-likeness (QED) is 0.899. The van der Waals surface area contributed by atoms with Crippen molar-refractivity contribution < 1.29 is 17.9 Å². The fourth-order valence-electron chi connectivity index (χ4n) is 3.31. The molecule has 2 heterocycles. The lowest BCUT2D eigenvalue weighted by atomic mass is 10.0. The molecule has 0 amide bonds. The molecule has 0 unspecified atom stereocenters. The van der Waals surface area contributed by atoms with Gasteiger partial charge >= 0.3 is 6.18 Å². The van der Waals surface area contributed by atoms with Gasteiger partial charge in [0.15, 0.2) is 0 Å². The maximum Gasteiger partial charge on any atom is 0.390 e. The van der Waals surface area contributed by atoms with Crippen LogP contribution in [0.15, 0.2) is 24.3 Å². The number of fused-ring (bicyclic) bond motifs is 1. The first-order valence-corrected chi connectivity index (χ1v) is 8.27. The molecule has 1 aromatic rings. The Bertz CT molecular complexity index is 488. The van der Waals surface area contributed by atoms with Crippen LogP contribution in [-0.4, -0.2) is 49.4 Å². The van der Waals surface area contributed by atoms with Crippen LogP contribution in [0, 0.1) is 0 Å². The maximum absolute atomic E-state index is 12.2. The summed E-state index contributed by atoms with van der Waals surface area (Å²) in [6, 6.07) is 8.47. The summed E-state index contributed by atoms with van der Waals surface area (Å²) in [7, 11) is 0. The first-order chi connectivity index (χ1) is 11.0. The first-order valence-electron chi connectivity index (χ1n) is 8.27. The molecular formula is C17H23F3N2O. The zero-order valence-corrected chi connectivity index (χ0v) is 13.1. The van der Waals surface area contributed by atoms with Crippen LogP contribution in [0.3, 0.4) is 0 Å². The normalized spacial score (nSPS) is 22.8. The second kappa shape index (κ2) is 7.09. The molecule has 1 atom stereocenters. The molecule has 0 radical (unpaired) electrons. The Kier molecular flexibility index (Phi) is 5.11. The van der Waals surface area contributed by atoms with Crippen molar-refractivity contribution >= 4 is 0 Å². The van der Waals surface area contributed by atoms with E-state index in [4.69, 9.17) is 4.74 Å². The number of piperidine rings is 1. The van der Waals surface area contributed by atoms with Crippen LogP contribution >= 0.6 is 0 Å². The summed E-state index contributed by atoms with van der Waals surface area (Å²) in [5.74, 6) is 0.973. The summed E-state index contributed by atoms with van der Waals surface area (Å²) in [6.07, 6.45) is -1.87. The van der Waals surface area contributed by atoms with E-state index in [1.54, 1.807) is 0 Å². The van der Waals surface area contributed by atoms with Crippen molar-refractivity contribution in [2.75, 3.05) is 26.2 Å². The highest BCUT2D eigenvalue weighted by Gasteiger charge is 2.29. The number of hydrogen-bond acceptors (Lipinski definition) is 3. The average molecular weight is 328 g/mol. The van der Waals surface area contributed by atoms with Gasteiger partial charge in [-0.2, -0.15) is 13.2 Å². The van der Waals surface area contributed by atoms with Gasteiger partial charge in [-0.1, -0.05) is 18.2 Å². The van der Waals surface area contributed by atoms with Gasteiger partial charge in [0, 0.05) is 25.6 Å². The maximum atomic E-state index is 12.2. The smallest absolute Gasteiger partial charge is 0.390 e. The highest BCUT2D eigenvalue weighted by molar-refractivity contribution is 5.37. The van der Waals surface area contributed by atoms with Gasteiger partial charge in [0.05, 0.1) is 6.42 Å². The van der Waals surface area contributed by atoms with Crippen LogP contribution in [0.1, 0.15) is 24.8 Å². The minimum absolute atomic E-state index is 0.122. The van der Waals surface area contributed by atoms with Gasteiger partial charge < -0.3 is 15.0 Å². The van der Waals surface area contributed by atoms with Gasteiger partial charge in [-0.25, -0.2) is 0 Å². The average Bonchev–Trinajstić information content (AvgIpc) is 2.94. The van der Waals surface area contributed by atoms with Crippen molar-refractivity contribution in [1.82, 2.24) is 10.2 Å². The van der Waals surface area contributed by atoms with E-state index >= 15 is 0 Å². The van der Waals surface area contributed by atoms with Gasteiger partial charge in [-0.15, -0.1) is 0 Å². The van der Waals surface area contributed by atoms with E-state index in [-0.39, 0.29) is 12.6 Å². The molecule has 2 aliphatic rings. The number of ether oxygens (including phenoxy) is 1. The molecule has 128 valence electrons. The van der Waals surface area contributed by atoms with Gasteiger partial charge in [0.1, 0.15) is 11.9 Å². The van der Waals surface area contributed by atoms with E-state index in [0.717, 1.165) is 44.6 Å². The molecule has 0 saturated carbocycles. The van der Waals surface area contributed by atoms with Crippen molar-refractivity contribution in [3.8, 4) is 5.75 Å². The number of likely N-dealkylation sites (tertiary alicyclic amines) is 1. The van der Waals surface area contributed by atoms with Gasteiger partial charge in [0.25, 0.3) is 0 Å². The van der Waals surface area contributed by atoms with Gasteiger partial charge in [0.2, 0.25) is 0 Å². The summed E-state index contributed by atoms with van der Waals surface area (Å²) in [5.41, 5.74) is 1.25. The van der Waals surface area contributed by atoms with Crippen LogP contribution in [-0.2, 0) is 6.42 Å². The van der Waals surface area contributed by atoms with E-state index in [1.807, 2.05) is 23.1 Å².